The zero-order valence-corrected chi connectivity index (χ0v) is 9.25. The Labute approximate surface area is 91.7 Å². The van der Waals surface area contributed by atoms with Crippen molar-refractivity contribution in [1.82, 2.24) is 14.5 Å². The first-order valence-corrected chi connectivity index (χ1v) is 5.61. The van der Waals surface area contributed by atoms with Crippen LogP contribution in [0, 0.1) is 0 Å². The molecule has 2 aromatic heterocycles. The molecule has 0 radical (unpaired) electrons. The predicted molar refractivity (Wildman–Crippen MR) is 57.7 cm³/mol. The molecule has 2 heterocycles. The largest absolute Gasteiger partial charge is 0.364 e. The minimum absolute atomic E-state index is 0.622. The summed E-state index contributed by atoms with van der Waals surface area (Å²) < 4.78 is 8.95. The second kappa shape index (κ2) is 4.88. The number of hydrogen-bond donors (Lipinski definition) is 1. The summed E-state index contributed by atoms with van der Waals surface area (Å²) in [5.41, 5.74) is 0.863. The summed E-state index contributed by atoms with van der Waals surface area (Å²) in [6, 6.07) is 1.82. The van der Waals surface area contributed by atoms with E-state index in [1.165, 1.54) is 11.5 Å². The van der Waals surface area contributed by atoms with Gasteiger partial charge in [0.15, 0.2) is 0 Å². The first-order chi connectivity index (χ1) is 7.38. The molecule has 6 heteroatoms. The number of nitrogens with zero attached hydrogens (tertiary/aromatic N) is 3. The van der Waals surface area contributed by atoms with Gasteiger partial charge in [-0.2, -0.15) is 4.37 Å². The van der Waals surface area contributed by atoms with Gasteiger partial charge < -0.3 is 9.84 Å². The summed E-state index contributed by atoms with van der Waals surface area (Å²) in [5.74, 6) is 0.908. The highest BCUT2D eigenvalue weighted by Gasteiger charge is 2.03. The SMILES string of the molecule is CCCc1nsc(NCc2ccon2)n1. The zero-order chi connectivity index (χ0) is 10.5. The molecule has 0 saturated heterocycles. The topological polar surface area (TPSA) is 63.8 Å². The minimum Gasteiger partial charge on any atom is -0.364 e. The van der Waals surface area contributed by atoms with E-state index in [9.17, 15) is 0 Å². The maximum Gasteiger partial charge on any atom is 0.202 e. The van der Waals surface area contributed by atoms with Crippen LogP contribution in [0.5, 0.6) is 0 Å². The van der Waals surface area contributed by atoms with Crippen LogP contribution in [0.3, 0.4) is 0 Å². The van der Waals surface area contributed by atoms with E-state index in [1.807, 2.05) is 6.07 Å². The number of rotatable bonds is 5. The molecule has 0 aliphatic rings. The van der Waals surface area contributed by atoms with Gasteiger partial charge in [0.1, 0.15) is 17.8 Å². The summed E-state index contributed by atoms with van der Waals surface area (Å²) in [6.07, 6.45) is 3.56. The first-order valence-electron chi connectivity index (χ1n) is 4.84. The van der Waals surface area contributed by atoms with Gasteiger partial charge in [0.2, 0.25) is 5.13 Å². The molecule has 80 valence electrons. The van der Waals surface area contributed by atoms with Crippen molar-refractivity contribution < 1.29 is 4.52 Å². The number of aryl methyl sites for hydroxylation is 1. The lowest BCUT2D eigenvalue weighted by atomic mass is 10.3. The molecule has 0 aliphatic carbocycles. The third kappa shape index (κ3) is 2.76. The fourth-order valence-corrected chi connectivity index (χ4v) is 1.75. The van der Waals surface area contributed by atoms with Gasteiger partial charge in [0.05, 0.1) is 6.54 Å². The Morgan fingerprint density at radius 3 is 3.20 bits per heavy atom. The van der Waals surface area contributed by atoms with Crippen LogP contribution in [-0.2, 0) is 13.0 Å². The van der Waals surface area contributed by atoms with Crippen molar-refractivity contribution in [1.29, 1.82) is 0 Å². The molecule has 0 saturated carbocycles. The van der Waals surface area contributed by atoms with Gasteiger partial charge in [-0.25, -0.2) is 4.98 Å². The lowest BCUT2D eigenvalue weighted by molar-refractivity contribution is 0.412. The van der Waals surface area contributed by atoms with Crippen LogP contribution >= 0.6 is 11.5 Å². The number of aromatic nitrogens is 3. The number of hydrogen-bond acceptors (Lipinski definition) is 6. The first kappa shape index (κ1) is 10.1. The minimum atomic E-state index is 0.622. The van der Waals surface area contributed by atoms with Crippen LogP contribution in [-0.4, -0.2) is 14.5 Å². The van der Waals surface area contributed by atoms with Gasteiger partial charge in [0.25, 0.3) is 0 Å². The normalized spacial score (nSPS) is 10.5. The van der Waals surface area contributed by atoms with E-state index in [-0.39, 0.29) is 0 Å². The van der Waals surface area contributed by atoms with E-state index in [4.69, 9.17) is 4.52 Å². The fraction of sp³-hybridized carbons (Fsp3) is 0.444. The molecule has 15 heavy (non-hydrogen) atoms. The van der Waals surface area contributed by atoms with E-state index in [2.05, 4.69) is 26.8 Å². The van der Waals surface area contributed by atoms with Gasteiger partial charge >= 0.3 is 0 Å². The van der Waals surface area contributed by atoms with Gasteiger partial charge in [-0.3, -0.25) is 0 Å². The quantitative estimate of drug-likeness (QED) is 0.842. The molecule has 2 rings (SSSR count). The maximum atomic E-state index is 4.72. The van der Waals surface area contributed by atoms with Crippen molar-refractivity contribution in [2.75, 3.05) is 5.32 Å². The van der Waals surface area contributed by atoms with E-state index in [1.54, 1.807) is 6.26 Å². The fourth-order valence-electron chi connectivity index (χ4n) is 1.15. The molecule has 0 spiro atoms. The Hall–Kier alpha value is -1.43. The zero-order valence-electron chi connectivity index (χ0n) is 8.43. The molecule has 5 nitrogen and oxygen atoms in total. The summed E-state index contributed by atoms with van der Waals surface area (Å²) in [5, 5.41) is 7.78. The summed E-state index contributed by atoms with van der Waals surface area (Å²) in [6.45, 7) is 2.74. The number of anilines is 1. The molecule has 0 unspecified atom stereocenters. The van der Waals surface area contributed by atoms with E-state index >= 15 is 0 Å². The molecule has 0 bridgehead atoms. The lowest BCUT2D eigenvalue weighted by Gasteiger charge is -1.96. The molecule has 0 atom stereocenters. The van der Waals surface area contributed by atoms with Crippen molar-refractivity contribution in [3.05, 3.63) is 23.8 Å². The van der Waals surface area contributed by atoms with Gasteiger partial charge in [0, 0.05) is 24.0 Å². The van der Waals surface area contributed by atoms with Crippen LogP contribution in [0.1, 0.15) is 24.9 Å². The van der Waals surface area contributed by atoms with E-state index in [0.29, 0.717) is 6.54 Å². The predicted octanol–water partition coefficient (Wildman–Crippen LogP) is 2.09. The molecule has 0 amide bonds. The molecule has 2 aromatic rings. The second-order valence-corrected chi connectivity index (χ2v) is 3.86. The smallest absolute Gasteiger partial charge is 0.202 e. The number of nitrogens with one attached hydrogen (secondary N) is 1. The molecule has 0 fully saturated rings. The highest BCUT2D eigenvalue weighted by molar-refractivity contribution is 7.09. The molecular formula is C9H12N4OS. The second-order valence-electron chi connectivity index (χ2n) is 3.11. The highest BCUT2D eigenvalue weighted by Crippen LogP contribution is 2.12. The standard InChI is InChI=1S/C9H12N4OS/c1-2-3-8-11-9(15-13-8)10-6-7-4-5-14-12-7/h4-5H,2-3,6H2,1H3,(H,10,11,13). The van der Waals surface area contributed by atoms with Crippen molar-refractivity contribution >= 4 is 16.7 Å². The van der Waals surface area contributed by atoms with Gasteiger partial charge in [-0.15, -0.1) is 0 Å². The monoisotopic (exact) mass is 224 g/mol. The Kier molecular flexibility index (Phi) is 3.29. The maximum absolute atomic E-state index is 4.72. The van der Waals surface area contributed by atoms with Crippen molar-refractivity contribution in [3.8, 4) is 0 Å². The molecule has 0 aliphatic heterocycles. The van der Waals surface area contributed by atoms with Crippen molar-refractivity contribution in [2.45, 2.75) is 26.3 Å². The summed E-state index contributed by atoms with van der Waals surface area (Å²) >= 11 is 1.38. The third-order valence-corrected chi connectivity index (χ3v) is 2.56. The Bertz CT molecular complexity index is 398. The average Bonchev–Trinajstić information content (AvgIpc) is 2.85. The van der Waals surface area contributed by atoms with Gasteiger partial charge in [-0.05, 0) is 6.42 Å². The summed E-state index contributed by atoms with van der Waals surface area (Å²) in [4.78, 5) is 4.34. The Morgan fingerprint density at radius 2 is 2.47 bits per heavy atom. The van der Waals surface area contributed by atoms with Crippen LogP contribution < -0.4 is 5.32 Å². The summed E-state index contributed by atoms with van der Waals surface area (Å²) in [7, 11) is 0. The van der Waals surface area contributed by atoms with Crippen molar-refractivity contribution in [3.63, 3.8) is 0 Å². The lowest BCUT2D eigenvalue weighted by Crippen LogP contribution is -1.99. The Morgan fingerprint density at radius 1 is 1.53 bits per heavy atom. The molecule has 0 aromatic carbocycles. The Balaban J connectivity index is 1.88. The van der Waals surface area contributed by atoms with E-state index in [0.717, 1.165) is 29.5 Å². The van der Waals surface area contributed by atoms with Crippen LogP contribution in [0.25, 0.3) is 0 Å². The van der Waals surface area contributed by atoms with Crippen LogP contribution in [0.4, 0.5) is 5.13 Å². The molecule has 1 N–H and O–H groups in total. The third-order valence-electron chi connectivity index (χ3n) is 1.85. The van der Waals surface area contributed by atoms with Crippen LogP contribution in [0.2, 0.25) is 0 Å². The van der Waals surface area contributed by atoms with E-state index < -0.39 is 0 Å². The van der Waals surface area contributed by atoms with Gasteiger partial charge in [-0.1, -0.05) is 12.1 Å². The average molecular weight is 224 g/mol. The van der Waals surface area contributed by atoms with Crippen LogP contribution in [0.15, 0.2) is 16.9 Å². The van der Waals surface area contributed by atoms with Crippen molar-refractivity contribution in [2.24, 2.45) is 0 Å². The molecular weight excluding hydrogens is 212 g/mol. The highest BCUT2D eigenvalue weighted by atomic mass is 32.1.